The molecule has 1 fully saturated rings. The first-order valence-electron chi connectivity index (χ1n) is 10.6. The van der Waals surface area contributed by atoms with Gasteiger partial charge in [0.05, 0.1) is 10.5 Å². The van der Waals surface area contributed by atoms with Crippen molar-refractivity contribution in [3.8, 4) is 0 Å². The number of carbonyl (C=O) groups is 2. The van der Waals surface area contributed by atoms with Crippen LogP contribution in [0.15, 0.2) is 47.4 Å². The van der Waals surface area contributed by atoms with Crippen molar-refractivity contribution in [3.05, 3.63) is 53.6 Å². The summed E-state index contributed by atoms with van der Waals surface area (Å²) in [6, 6.07) is 11.3. The molecule has 32 heavy (non-hydrogen) atoms. The Morgan fingerprint density at radius 2 is 1.59 bits per heavy atom. The fraction of sp³-hybridized carbons (Fsp3) is 0.391. The quantitative estimate of drug-likeness (QED) is 0.665. The number of nitrogens with zero attached hydrogens (tertiary/aromatic N) is 2. The number of benzene rings is 2. The molecule has 0 saturated carbocycles. The van der Waals surface area contributed by atoms with E-state index in [2.05, 4.69) is 15.5 Å². The number of carbonyl (C=O) groups excluding carboxylic acids is 2. The topological polar surface area (TPSA) is 98.8 Å². The Hall–Kier alpha value is -2.91. The normalized spacial score (nSPS) is 14.1. The zero-order valence-electron chi connectivity index (χ0n) is 18.9. The second-order valence-electron chi connectivity index (χ2n) is 8.32. The summed E-state index contributed by atoms with van der Waals surface area (Å²) in [5, 5.41) is 5.65. The van der Waals surface area contributed by atoms with E-state index in [1.807, 2.05) is 13.8 Å². The van der Waals surface area contributed by atoms with Gasteiger partial charge in [0.25, 0.3) is 11.8 Å². The molecule has 0 atom stereocenters. The van der Waals surface area contributed by atoms with Gasteiger partial charge in [-0.2, -0.15) is 0 Å². The third kappa shape index (κ3) is 5.28. The molecule has 1 aliphatic heterocycles. The minimum absolute atomic E-state index is 0.0246. The van der Waals surface area contributed by atoms with Gasteiger partial charge in [0.2, 0.25) is 10.0 Å². The monoisotopic (exact) mass is 458 g/mol. The number of hydrogen-bond acceptors (Lipinski definition) is 5. The molecular formula is C23H30N4O4S. The number of anilines is 2. The van der Waals surface area contributed by atoms with Crippen LogP contribution in [0.3, 0.4) is 0 Å². The lowest BCUT2D eigenvalue weighted by atomic mass is 10.1. The lowest BCUT2D eigenvalue weighted by Crippen LogP contribution is -2.30. The fourth-order valence-corrected chi connectivity index (χ4v) is 4.48. The third-order valence-corrected chi connectivity index (χ3v) is 7.07. The van der Waals surface area contributed by atoms with Crippen LogP contribution in [0.25, 0.3) is 0 Å². The summed E-state index contributed by atoms with van der Waals surface area (Å²) in [6.07, 6.45) is 2.05. The molecule has 1 heterocycles. The summed E-state index contributed by atoms with van der Waals surface area (Å²) < 4.78 is 26.4. The summed E-state index contributed by atoms with van der Waals surface area (Å²) in [6.45, 7) is 5.41. The number of rotatable bonds is 7. The highest BCUT2D eigenvalue weighted by Gasteiger charge is 2.24. The third-order valence-electron chi connectivity index (χ3n) is 5.26. The van der Waals surface area contributed by atoms with Gasteiger partial charge in [0, 0.05) is 50.2 Å². The smallest absolute Gasteiger partial charge is 0.257 e. The second kappa shape index (κ2) is 9.70. The molecule has 8 nitrogen and oxygen atoms in total. The minimum Gasteiger partial charge on any atom is -0.371 e. The predicted molar refractivity (Wildman–Crippen MR) is 126 cm³/mol. The van der Waals surface area contributed by atoms with Crippen molar-refractivity contribution < 1.29 is 18.0 Å². The Labute approximate surface area is 189 Å². The number of sulfonamides is 1. The highest BCUT2D eigenvalue weighted by Crippen LogP contribution is 2.29. The summed E-state index contributed by atoms with van der Waals surface area (Å²) in [5.41, 5.74) is 2.03. The van der Waals surface area contributed by atoms with Crippen LogP contribution >= 0.6 is 0 Å². The van der Waals surface area contributed by atoms with E-state index in [9.17, 15) is 18.0 Å². The molecule has 2 N–H and O–H groups in total. The highest BCUT2D eigenvalue weighted by atomic mass is 32.2. The molecule has 1 aliphatic rings. The van der Waals surface area contributed by atoms with Crippen LogP contribution in [-0.2, 0) is 10.0 Å². The first kappa shape index (κ1) is 23.7. The van der Waals surface area contributed by atoms with E-state index in [1.165, 1.54) is 20.2 Å². The Kier molecular flexibility index (Phi) is 7.20. The van der Waals surface area contributed by atoms with E-state index in [1.54, 1.807) is 36.4 Å². The fourth-order valence-electron chi connectivity index (χ4n) is 3.55. The first-order valence-corrected chi connectivity index (χ1v) is 12.1. The van der Waals surface area contributed by atoms with Crippen molar-refractivity contribution in [2.45, 2.75) is 37.6 Å². The molecule has 0 spiro atoms. The van der Waals surface area contributed by atoms with Crippen LogP contribution in [0.5, 0.6) is 0 Å². The molecule has 1 saturated heterocycles. The van der Waals surface area contributed by atoms with E-state index >= 15 is 0 Å². The van der Waals surface area contributed by atoms with Gasteiger partial charge in [-0.25, -0.2) is 12.7 Å². The summed E-state index contributed by atoms with van der Waals surface area (Å²) in [4.78, 5) is 27.5. The Balaban J connectivity index is 1.89. The minimum atomic E-state index is -3.68. The van der Waals surface area contributed by atoms with Gasteiger partial charge < -0.3 is 15.5 Å². The molecule has 2 aromatic rings. The molecule has 2 amide bonds. The van der Waals surface area contributed by atoms with Gasteiger partial charge in [0.15, 0.2) is 0 Å². The van der Waals surface area contributed by atoms with E-state index in [4.69, 9.17) is 0 Å². The van der Waals surface area contributed by atoms with Gasteiger partial charge in [-0.3, -0.25) is 9.59 Å². The highest BCUT2D eigenvalue weighted by molar-refractivity contribution is 7.89. The Morgan fingerprint density at radius 1 is 0.969 bits per heavy atom. The predicted octanol–water partition coefficient (Wildman–Crippen LogP) is 2.93. The Morgan fingerprint density at radius 3 is 2.16 bits per heavy atom. The number of nitrogens with one attached hydrogen (secondary N) is 2. The van der Waals surface area contributed by atoms with Crippen LogP contribution < -0.4 is 15.5 Å². The average molecular weight is 459 g/mol. The van der Waals surface area contributed by atoms with Crippen molar-refractivity contribution in [1.82, 2.24) is 9.62 Å². The van der Waals surface area contributed by atoms with Crippen LogP contribution in [0.4, 0.5) is 11.4 Å². The van der Waals surface area contributed by atoms with Crippen LogP contribution in [0.1, 0.15) is 47.4 Å². The molecule has 2 aromatic carbocycles. The molecule has 0 radical (unpaired) electrons. The van der Waals surface area contributed by atoms with Gasteiger partial charge in [0.1, 0.15) is 0 Å². The van der Waals surface area contributed by atoms with Crippen molar-refractivity contribution >= 4 is 33.2 Å². The maximum Gasteiger partial charge on any atom is 0.257 e. The molecule has 0 aromatic heterocycles. The van der Waals surface area contributed by atoms with E-state index in [0.717, 1.165) is 30.2 Å². The van der Waals surface area contributed by atoms with Crippen LogP contribution in [0.2, 0.25) is 0 Å². The van der Waals surface area contributed by atoms with Gasteiger partial charge in [-0.05, 0) is 69.2 Å². The maximum atomic E-state index is 13.2. The van der Waals surface area contributed by atoms with Crippen molar-refractivity contribution in [2.24, 2.45) is 0 Å². The zero-order chi connectivity index (χ0) is 23.5. The second-order valence-corrected chi connectivity index (χ2v) is 10.5. The van der Waals surface area contributed by atoms with Crippen molar-refractivity contribution in [2.75, 3.05) is 37.4 Å². The SMILES string of the molecule is CC(C)NC(=O)c1ccc(NC(=O)c2cc(S(=O)(=O)N(C)C)ccc2N2CCCC2)cc1. The van der Waals surface area contributed by atoms with E-state index < -0.39 is 15.9 Å². The maximum absolute atomic E-state index is 13.2. The van der Waals surface area contributed by atoms with Crippen molar-refractivity contribution in [3.63, 3.8) is 0 Å². The summed E-state index contributed by atoms with van der Waals surface area (Å²) >= 11 is 0. The number of amides is 2. The van der Waals surface area contributed by atoms with E-state index in [0.29, 0.717) is 22.5 Å². The Bertz CT molecular complexity index is 1090. The summed E-state index contributed by atoms with van der Waals surface area (Å²) in [7, 11) is -0.763. The molecular weight excluding hydrogens is 428 g/mol. The standard InChI is InChI=1S/C23H30N4O4S/c1-16(2)24-22(28)17-7-9-18(10-8-17)25-23(29)20-15-19(32(30,31)26(3)4)11-12-21(20)27-13-5-6-14-27/h7-12,15-16H,5-6,13-14H2,1-4H3,(H,24,28)(H,25,29). The van der Waals surface area contributed by atoms with Crippen LogP contribution in [-0.4, -0.2) is 57.8 Å². The zero-order valence-corrected chi connectivity index (χ0v) is 19.7. The largest absolute Gasteiger partial charge is 0.371 e. The molecule has 172 valence electrons. The van der Waals surface area contributed by atoms with Crippen LogP contribution in [0, 0.1) is 0 Å². The van der Waals surface area contributed by atoms with Gasteiger partial charge >= 0.3 is 0 Å². The lowest BCUT2D eigenvalue weighted by molar-refractivity contribution is 0.0942. The molecule has 0 bridgehead atoms. The van der Waals surface area contributed by atoms with Gasteiger partial charge in [-0.1, -0.05) is 0 Å². The average Bonchev–Trinajstić information content (AvgIpc) is 3.28. The lowest BCUT2D eigenvalue weighted by Gasteiger charge is -2.22. The molecule has 0 aliphatic carbocycles. The van der Waals surface area contributed by atoms with Crippen molar-refractivity contribution in [1.29, 1.82) is 0 Å². The first-order chi connectivity index (χ1) is 15.1. The van der Waals surface area contributed by atoms with E-state index in [-0.39, 0.29) is 16.8 Å². The number of hydrogen-bond donors (Lipinski definition) is 2. The molecule has 9 heteroatoms. The molecule has 0 unspecified atom stereocenters. The van der Waals surface area contributed by atoms with Gasteiger partial charge in [-0.15, -0.1) is 0 Å². The molecule has 3 rings (SSSR count). The summed E-state index contributed by atoms with van der Waals surface area (Å²) in [5.74, 6) is -0.585.